The molecule has 0 aliphatic rings. The smallest absolute Gasteiger partial charge is 0.300 e. The van der Waals surface area contributed by atoms with Gasteiger partial charge < -0.3 is 0 Å². The summed E-state index contributed by atoms with van der Waals surface area (Å²) in [5.41, 5.74) is -1.40. The van der Waals surface area contributed by atoms with Crippen LogP contribution in [-0.2, 0) is 6.18 Å². The Labute approximate surface area is 126 Å². The van der Waals surface area contributed by atoms with Crippen LogP contribution in [-0.4, -0.2) is 22.3 Å². The molecule has 1 N–H and O–H groups in total. The van der Waals surface area contributed by atoms with Crippen molar-refractivity contribution >= 4 is 11.8 Å². The zero-order valence-corrected chi connectivity index (χ0v) is 13.0. The predicted molar refractivity (Wildman–Crippen MR) is 76.9 cm³/mol. The molecule has 0 radical (unpaired) electrons. The standard InChI is InChI=1S/C14H18F3N3S/c1-4-20-13(3,9-18)7-10(2)21-12-6-5-11(8-19-12)14(15,16)17/h5-6,8,10,20H,4,7H2,1-3H3. The lowest BCUT2D eigenvalue weighted by Gasteiger charge is -2.25. The Balaban J connectivity index is 2.67. The summed E-state index contributed by atoms with van der Waals surface area (Å²) in [6.45, 7) is 6.34. The predicted octanol–water partition coefficient (Wildman–Crippen LogP) is 3.86. The first-order chi connectivity index (χ1) is 9.70. The maximum Gasteiger partial charge on any atom is 0.417 e. The van der Waals surface area contributed by atoms with E-state index in [0.717, 1.165) is 12.3 Å². The average molecular weight is 317 g/mol. The molecular weight excluding hydrogens is 299 g/mol. The number of nitrogens with zero attached hydrogens (tertiary/aromatic N) is 2. The van der Waals surface area contributed by atoms with E-state index in [1.54, 1.807) is 0 Å². The number of aromatic nitrogens is 1. The van der Waals surface area contributed by atoms with Gasteiger partial charge in [0.25, 0.3) is 0 Å². The molecule has 0 saturated heterocycles. The van der Waals surface area contributed by atoms with Gasteiger partial charge in [0.2, 0.25) is 0 Å². The quantitative estimate of drug-likeness (QED) is 0.809. The third-order valence-electron chi connectivity index (χ3n) is 2.90. The number of nitriles is 1. The monoisotopic (exact) mass is 317 g/mol. The number of halogens is 3. The summed E-state index contributed by atoms with van der Waals surface area (Å²) >= 11 is 1.36. The highest BCUT2D eigenvalue weighted by atomic mass is 32.2. The molecule has 0 spiro atoms. The second kappa shape index (κ2) is 7.14. The average Bonchev–Trinajstić information content (AvgIpc) is 2.38. The van der Waals surface area contributed by atoms with Gasteiger partial charge in [-0.25, -0.2) is 4.98 Å². The maximum absolute atomic E-state index is 12.4. The summed E-state index contributed by atoms with van der Waals surface area (Å²) < 4.78 is 37.3. The Bertz CT molecular complexity index is 496. The molecule has 0 fully saturated rings. The lowest BCUT2D eigenvalue weighted by molar-refractivity contribution is -0.137. The van der Waals surface area contributed by atoms with Crippen LogP contribution in [0, 0.1) is 11.3 Å². The van der Waals surface area contributed by atoms with Gasteiger partial charge in [-0.3, -0.25) is 5.32 Å². The number of hydrogen-bond acceptors (Lipinski definition) is 4. The first kappa shape index (κ1) is 17.8. The van der Waals surface area contributed by atoms with Gasteiger partial charge in [-0.05, 0) is 32.0 Å². The third-order valence-corrected chi connectivity index (χ3v) is 3.95. The Kier molecular flexibility index (Phi) is 6.05. The SMILES string of the molecule is CCNC(C)(C#N)CC(C)Sc1ccc(C(F)(F)F)cn1. The molecular formula is C14H18F3N3S. The number of hydrogen-bond donors (Lipinski definition) is 1. The minimum Gasteiger partial charge on any atom is -0.300 e. The van der Waals surface area contributed by atoms with E-state index in [4.69, 9.17) is 0 Å². The molecule has 0 saturated carbocycles. The van der Waals surface area contributed by atoms with Crippen molar-refractivity contribution in [3.63, 3.8) is 0 Å². The van der Waals surface area contributed by atoms with E-state index in [1.165, 1.54) is 17.8 Å². The molecule has 1 aromatic rings. The Hall–Kier alpha value is -1.26. The number of pyridine rings is 1. The van der Waals surface area contributed by atoms with E-state index in [-0.39, 0.29) is 5.25 Å². The van der Waals surface area contributed by atoms with Crippen LogP contribution in [0.2, 0.25) is 0 Å². The molecule has 116 valence electrons. The van der Waals surface area contributed by atoms with Gasteiger partial charge >= 0.3 is 6.18 Å². The number of nitrogens with one attached hydrogen (secondary N) is 1. The van der Waals surface area contributed by atoms with Crippen LogP contribution < -0.4 is 5.32 Å². The van der Waals surface area contributed by atoms with Gasteiger partial charge in [0.15, 0.2) is 0 Å². The van der Waals surface area contributed by atoms with Gasteiger partial charge in [-0.15, -0.1) is 11.8 Å². The first-order valence-electron chi connectivity index (χ1n) is 6.56. The molecule has 0 aliphatic heterocycles. The highest BCUT2D eigenvalue weighted by molar-refractivity contribution is 7.99. The van der Waals surface area contributed by atoms with E-state index in [9.17, 15) is 18.4 Å². The molecule has 0 aliphatic carbocycles. The van der Waals surface area contributed by atoms with Crippen LogP contribution >= 0.6 is 11.8 Å². The first-order valence-corrected chi connectivity index (χ1v) is 7.44. The lowest BCUT2D eigenvalue weighted by Crippen LogP contribution is -2.42. The molecule has 2 atom stereocenters. The normalized spacial score (nSPS) is 16.0. The summed E-state index contributed by atoms with van der Waals surface area (Å²) in [7, 11) is 0. The van der Waals surface area contributed by atoms with Gasteiger partial charge in [-0.1, -0.05) is 13.8 Å². The summed E-state index contributed by atoms with van der Waals surface area (Å²) in [6.07, 6.45) is -2.96. The number of alkyl halides is 3. The van der Waals surface area contributed by atoms with Crippen molar-refractivity contribution in [3.05, 3.63) is 23.9 Å². The van der Waals surface area contributed by atoms with Crippen LogP contribution in [0.15, 0.2) is 23.4 Å². The van der Waals surface area contributed by atoms with Crippen molar-refractivity contribution in [2.45, 2.75) is 49.2 Å². The molecule has 1 aromatic heterocycles. The molecule has 7 heteroatoms. The highest BCUT2D eigenvalue weighted by Gasteiger charge is 2.31. The van der Waals surface area contributed by atoms with Gasteiger partial charge in [-0.2, -0.15) is 18.4 Å². The van der Waals surface area contributed by atoms with Crippen LogP contribution in [0.25, 0.3) is 0 Å². The summed E-state index contributed by atoms with van der Waals surface area (Å²) in [5, 5.41) is 12.9. The van der Waals surface area contributed by atoms with Crippen molar-refractivity contribution in [1.29, 1.82) is 5.26 Å². The fourth-order valence-corrected chi connectivity index (χ4v) is 3.08. The highest BCUT2D eigenvalue weighted by Crippen LogP contribution is 2.31. The zero-order chi connectivity index (χ0) is 16.1. The largest absolute Gasteiger partial charge is 0.417 e. The minimum absolute atomic E-state index is 0.0536. The number of thioether (sulfide) groups is 1. The van der Waals surface area contributed by atoms with Gasteiger partial charge in [0, 0.05) is 11.4 Å². The van der Waals surface area contributed by atoms with Crippen molar-refractivity contribution < 1.29 is 13.2 Å². The van der Waals surface area contributed by atoms with Crippen molar-refractivity contribution in [1.82, 2.24) is 10.3 Å². The van der Waals surface area contributed by atoms with Crippen molar-refractivity contribution in [2.24, 2.45) is 0 Å². The second-order valence-electron chi connectivity index (χ2n) is 4.99. The van der Waals surface area contributed by atoms with Crippen LogP contribution in [0.4, 0.5) is 13.2 Å². The fourth-order valence-electron chi connectivity index (χ4n) is 1.99. The van der Waals surface area contributed by atoms with E-state index in [2.05, 4.69) is 16.4 Å². The van der Waals surface area contributed by atoms with Crippen LogP contribution in [0.3, 0.4) is 0 Å². The molecule has 0 amide bonds. The summed E-state index contributed by atoms with van der Waals surface area (Å²) in [4.78, 5) is 3.83. The Morgan fingerprint density at radius 2 is 2.10 bits per heavy atom. The molecule has 21 heavy (non-hydrogen) atoms. The number of rotatable bonds is 6. The molecule has 1 rings (SSSR count). The fraction of sp³-hybridized carbons (Fsp3) is 0.571. The van der Waals surface area contributed by atoms with E-state index >= 15 is 0 Å². The third kappa shape index (κ3) is 5.56. The topological polar surface area (TPSA) is 48.7 Å². The zero-order valence-electron chi connectivity index (χ0n) is 12.2. The summed E-state index contributed by atoms with van der Waals surface area (Å²) in [6, 6.07) is 4.62. The van der Waals surface area contributed by atoms with E-state index in [1.807, 2.05) is 20.8 Å². The van der Waals surface area contributed by atoms with E-state index in [0.29, 0.717) is 18.0 Å². The minimum atomic E-state index is -4.37. The second-order valence-corrected chi connectivity index (χ2v) is 6.45. The maximum atomic E-state index is 12.4. The molecule has 0 bridgehead atoms. The summed E-state index contributed by atoms with van der Waals surface area (Å²) in [5.74, 6) is 0. The lowest BCUT2D eigenvalue weighted by atomic mass is 9.98. The van der Waals surface area contributed by atoms with Crippen molar-refractivity contribution in [2.75, 3.05) is 6.54 Å². The molecule has 2 unspecified atom stereocenters. The van der Waals surface area contributed by atoms with Crippen LogP contribution in [0.1, 0.15) is 32.8 Å². The Morgan fingerprint density at radius 1 is 1.43 bits per heavy atom. The van der Waals surface area contributed by atoms with Crippen LogP contribution in [0.5, 0.6) is 0 Å². The molecule has 0 aromatic carbocycles. The van der Waals surface area contributed by atoms with Gasteiger partial charge in [0.1, 0.15) is 5.54 Å². The van der Waals surface area contributed by atoms with Gasteiger partial charge in [0.05, 0.1) is 16.7 Å². The Morgan fingerprint density at radius 3 is 2.52 bits per heavy atom. The molecule has 3 nitrogen and oxygen atoms in total. The molecule has 1 heterocycles. The van der Waals surface area contributed by atoms with E-state index < -0.39 is 17.3 Å². The van der Waals surface area contributed by atoms with Crippen molar-refractivity contribution in [3.8, 4) is 6.07 Å².